The van der Waals surface area contributed by atoms with Crippen molar-refractivity contribution in [3.05, 3.63) is 24.3 Å². The molecule has 0 radical (unpaired) electrons. The predicted octanol–water partition coefficient (Wildman–Crippen LogP) is 4.19. The van der Waals surface area contributed by atoms with Crippen molar-refractivity contribution in [2.45, 2.75) is 53.4 Å². The molecule has 2 N–H and O–H groups in total. The third kappa shape index (κ3) is 6.43. The molecule has 0 saturated heterocycles. The van der Waals surface area contributed by atoms with E-state index in [4.69, 9.17) is 0 Å². The van der Waals surface area contributed by atoms with Crippen LogP contribution in [-0.4, -0.2) is 11.8 Å². The van der Waals surface area contributed by atoms with Gasteiger partial charge in [0.2, 0.25) is 11.8 Å². The molecule has 4 heteroatoms. The molecule has 0 heterocycles. The van der Waals surface area contributed by atoms with Crippen molar-refractivity contribution in [3.8, 4) is 0 Å². The molecule has 0 saturated carbocycles. The maximum absolute atomic E-state index is 11.9. The van der Waals surface area contributed by atoms with Gasteiger partial charge in [0.1, 0.15) is 0 Å². The van der Waals surface area contributed by atoms with Gasteiger partial charge in [-0.15, -0.1) is 0 Å². The summed E-state index contributed by atoms with van der Waals surface area (Å²) in [6.45, 7) is 7.70. The normalized spacial score (nSPS) is 11.0. The molecular weight excluding hydrogens is 264 g/mol. The summed E-state index contributed by atoms with van der Waals surface area (Å²) in [5, 5.41) is 5.72. The molecule has 1 aromatic carbocycles. The Bertz CT molecular complexity index is 490. The smallest absolute Gasteiger partial charge is 0.229 e. The fourth-order valence-electron chi connectivity index (χ4n) is 1.75. The Labute approximate surface area is 127 Å². The number of anilines is 2. The lowest BCUT2D eigenvalue weighted by molar-refractivity contribution is -0.123. The van der Waals surface area contributed by atoms with Gasteiger partial charge in [-0.3, -0.25) is 9.59 Å². The number of hydrogen-bond acceptors (Lipinski definition) is 2. The van der Waals surface area contributed by atoms with Crippen LogP contribution in [0.2, 0.25) is 0 Å². The average molecular weight is 290 g/mol. The van der Waals surface area contributed by atoms with Crippen LogP contribution in [0.3, 0.4) is 0 Å². The summed E-state index contributed by atoms with van der Waals surface area (Å²) >= 11 is 0. The minimum Gasteiger partial charge on any atom is -0.326 e. The first-order chi connectivity index (χ1) is 9.82. The van der Waals surface area contributed by atoms with Crippen molar-refractivity contribution in [3.63, 3.8) is 0 Å². The Morgan fingerprint density at radius 2 is 1.67 bits per heavy atom. The Hall–Kier alpha value is -1.84. The average Bonchev–Trinajstić information content (AvgIpc) is 2.38. The van der Waals surface area contributed by atoms with Crippen molar-refractivity contribution < 1.29 is 9.59 Å². The minimum absolute atomic E-state index is 0.0164. The van der Waals surface area contributed by atoms with Crippen molar-refractivity contribution >= 4 is 23.2 Å². The van der Waals surface area contributed by atoms with E-state index in [1.54, 1.807) is 6.07 Å². The first-order valence-corrected chi connectivity index (χ1v) is 7.54. The van der Waals surface area contributed by atoms with E-state index >= 15 is 0 Å². The predicted molar refractivity (Wildman–Crippen MR) is 87.3 cm³/mol. The van der Waals surface area contributed by atoms with Crippen LogP contribution in [0.25, 0.3) is 0 Å². The SMILES string of the molecule is CCCCCC(=O)Nc1cccc(NC(=O)C(C)(C)C)c1. The molecule has 0 aliphatic heterocycles. The summed E-state index contributed by atoms with van der Waals surface area (Å²) in [7, 11) is 0. The quantitative estimate of drug-likeness (QED) is 0.772. The van der Waals surface area contributed by atoms with E-state index in [0.29, 0.717) is 17.8 Å². The molecule has 0 aromatic heterocycles. The Kier molecular flexibility index (Phi) is 6.40. The molecule has 2 amide bonds. The lowest BCUT2D eigenvalue weighted by atomic mass is 9.95. The van der Waals surface area contributed by atoms with Crippen molar-refractivity contribution in [2.24, 2.45) is 5.41 Å². The van der Waals surface area contributed by atoms with Crippen LogP contribution in [0.4, 0.5) is 11.4 Å². The Morgan fingerprint density at radius 3 is 2.24 bits per heavy atom. The highest BCUT2D eigenvalue weighted by Gasteiger charge is 2.21. The Morgan fingerprint density at radius 1 is 1.05 bits per heavy atom. The zero-order chi connectivity index (χ0) is 15.9. The third-order valence-corrected chi connectivity index (χ3v) is 3.09. The van der Waals surface area contributed by atoms with E-state index in [1.807, 2.05) is 39.0 Å². The molecule has 0 atom stereocenters. The molecule has 0 aliphatic carbocycles. The third-order valence-electron chi connectivity index (χ3n) is 3.09. The van der Waals surface area contributed by atoms with Gasteiger partial charge in [-0.05, 0) is 24.6 Å². The number of carbonyl (C=O) groups excluding carboxylic acids is 2. The maximum atomic E-state index is 11.9. The van der Waals surface area contributed by atoms with E-state index in [-0.39, 0.29) is 11.8 Å². The molecule has 21 heavy (non-hydrogen) atoms. The zero-order valence-electron chi connectivity index (χ0n) is 13.5. The molecule has 0 spiro atoms. The number of hydrogen-bond donors (Lipinski definition) is 2. The van der Waals surface area contributed by atoms with Crippen LogP contribution in [-0.2, 0) is 9.59 Å². The monoisotopic (exact) mass is 290 g/mol. The highest BCUT2D eigenvalue weighted by atomic mass is 16.2. The molecule has 0 fully saturated rings. The van der Waals surface area contributed by atoms with Crippen LogP contribution in [0.15, 0.2) is 24.3 Å². The van der Waals surface area contributed by atoms with Crippen LogP contribution in [0.5, 0.6) is 0 Å². The molecule has 4 nitrogen and oxygen atoms in total. The summed E-state index contributed by atoms with van der Waals surface area (Å²) in [6, 6.07) is 7.24. The van der Waals surface area contributed by atoms with Gasteiger partial charge in [0.15, 0.2) is 0 Å². The molecule has 1 rings (SSSR count). The van der Waals surface area contributed by atoms with Gasteiger partial charge < -0.3 is 10.6 Å². The van der Waals surface area contributed by atoms with Gasteiger partial charge in [-0.2, -0.15) is 0 Å². The van der Waals surface area contributed by atoms with Crippen LogP contribution in [0.1, 0.15) is 53.4 Å². The molecule has 1 aromatic rings. The fraction of sp³-hybridized carbons (Fsp3) is 0.529. The molecule has 116 valence electrons. The van der Waals surface area contributed by atoms with Gasteiger partial charge in [-0.1, -0.05) is 46.6 Å². The number of amides is 2. The molecule has 0 bridgehead atoms. The van der Waals surface area contributed by atoms with Gasteiger partial charge in [-0.25, -0.2) is 0 Å². The van der Waals surface area contributed by atoms with E-state index in [0.717, 1.165) is 19.3 Å². The summed E-state index contributed by atoms with van der Waals surface area (Å²) < 4.78 is 0. The molecule has 0 unspecified atom stereocenters. The largest absolute Gasteiger partial charge is 0.326 e. The van der Waals surface area contributed by atoms with Crippen LogP contribution in [0, 0.1) is 5.41 Å². The lowest BCUT2D eigenvalue weighted by Gasteiger charge is -2.18. The standard InChI is InChI=1S/C17H26N2O2/c1-5-6-7-11-15(20)18-13-9-8-10-14(12-13)19-16(21)17(2,3)4/h8-10,12H,5-7,11H2,1-4H3,(H,18,20)(H,19,21). The number of benzene rings is 1. The van der Waals surface area contributed by atoms with E-state index in [1.165, 1.54) is 0 Å². The topological polar surface area (TPSA) is 58.2 Å². The first-order valence-electron chi connectivity index (χ1n) is 7.54. The van der Waals surface area contributed by atoms with Gasteiger partial charge in [0.05, 0.1) is 0 Å². The summed E-state index contributed by atoms with van der Waals surface area (Å²) in [5.41, 5.74) is 0.962. The van der Waals surface area contributed by atoms with Gasteiger partial charge in [0.25, 0.3) is 0 Å². The highest BCUT2D eigenvalue weighted by molar-refractivity contribution is 5.96. The number of nitrogens with one attached hydrogen (secondary N) is 2. The van der Waals surface area contributed by atoms with Crippen molar-refractivity contribution in [1.82, 2.24) is 0 Å². The number of rotatable bonds is 6. The zero-order valence-corrected chi connectivity index (χ0v) is 13.5. The van der Waals surface area contributed by atoms with E-state index in [9.17, 15) is 9.59 Å². The molecular formula is C17H26N2O2. The summed E-state index contributed by atoms with van der Waals surface area (Å²) in [6.07, 6.45) is 3.60. The van der Waals surface area contributed by atoms with Gasteiger partial charge >= 0.3 is 0 Å². The maximum Gasteiger partial charge on any atom is 0.229 e. The lowest BCUT2D eigenvalue weighted by Crippen LogP contribution is -2.27. The summed E-state index contributed by atoms with van der Waals surface area (Å²) in [5.74, 6) is -0.0309. The Balaban J connectivity index is 2.60. The number of carbonyl (C=O) groups is 2. The van der Waals surface area contributed by atoms with E-state index in [2.05, 4.69) is 17.6 Å². The highest BCUT2D eigenvalue weighted by Crippen LogP contribution is 2.20. The van der Waals surface area contributed by atoms with Gasteiger partial charge in [0, 0.05) is 23.2 Å². The van der Waals surface area contributed by atoms with Crippen molar-refractivity contribution in [2.75, 3.05) is 10.6 Å². The number of unbranched alkanes of at least 4 members (excludes halogenated alkanes) is 2. The van der Waals surface area contributed by atoms with Crippen LogP contribution < -0.4 is 10.6 Å². The first kappa shape index (κ1) is 17.2. The minimum atomic E-state index is -0.445. The molecule has 0 aliphatic rings. The van der Waals surface area contributed by atoms with Crippen molar-refractivity contribution in [1.29, 1.82) is 0 Å². The second kappa shape index (κ2) is 7.81. The van der Waals surface area contributed by atoms with Crippen LogP contribution >= 0.6 is 0 Å². The summed E-state index contributed by atoms with van der Waals surface area (Å²) in [4.78, 5) is 23.7. The fourth-order valence-corrected chi connectivity index (χ4v) is 1.75. The second-order valence-electron chi connectivity index (χ2n) is 6.29. The van der Waals surface area contributed by atoms with E-state index < -0.39 is 5.41 Å². The second-order valence-corrected chi connectivity index (χ2v) is 6.29.